The summed E-state index contributed by atoms with van der Waals surface area (Å²) in [5, 5.41) is 9.04. The van der Waals surface area contributed by atoms with Crippen LogP contribution in [0.25, 0.3) is 22.8 Å². The SMILES string of the molecule is Cc1ccc(-c2noc(-c3ccccc3OCC(=O)Nc3nccs3)n2)cc1. The molecule has 0 bridgehead atoms. The van der Waals surface area contributed by atoms with Gasteiger partial charge in [-0.1, -0.05) is 47.1 Å². The number of aromatic nitrogens is 3. The lowest BCUT2D eigenvalue weighted by atomic mass is 10.1. The van der Waals surface area contributed by atoms with Crippen molar-refractivity contribution in [1.29, 1.82) is 0 Å². The molecule has 0 saturated heterocycles. The molecule has 4 aromatic rings. The monoisotopic (exact) mass is 392 g/mol. The molecule has 0 atom stereocenters. The summed E-state index contributed by atoms with van der Waals surface area (Å²) in [4.78, 5) is 20.5. The predicted octanol–water partition coefficient (Wildman–Crippen LogP) is 4.19. The zero-order chi connectivity index (χ0) is 19.3. The van der Waals surface area contributed by atoms with E-state index in [4.69, 9.17) is 9.26 Å². The van der Waals surface area contributed by atoms with Gasteiger partial charge in [-0.15, -0.1) is 11.3 Å². The molecule has 0 fully saturated rings. The van der Waals surface area contributed by atoms with Gasteiger partial charge in [0.1, 0.15) is 5.75 Å². The van der Waals surface area contributed by atoms with Crippen molar-refractivity contribution in [2.24, 2.45) is 0 Å². The van der Waals surface area contributed by atoms with Crippen LogP contribution in [0.15, 0.2) is 64.6 Å². The van der Waals surface area contributed by atoms with Gasteiger partial charge in [0.15, 0.2) is 11.7 Å². The highest BCUT2D eigenvalue weighted by atomic mass is 32.1. The molecular weight excluding hydrogens is 376 g/mol. The highest BCUT2D eigenvalue weighted by Crippen LogP contribution is 2.30. The maximum absolute atomic E-state index is 12.0. The van der Waals surface area contributed by atoms with Crippen LogP contribution < -0.4 is 10.1 Å². The second kappa shape index (κ2) is 8.01. The van der Waals surface area contributed by atoms with Crippen molar-refractivity contribution in [2.45, 2.75) is 6.92 Å². The van der Waals surface area contributed by atoms with Crippen molar-refractivity contribution in [2.75, 3.05) is 11.9 Å². The number of carbonyl (C=O) groups is 1. The Morgan fingerprint density at radius 3 is 2.79 bits per heavy atom. The number of hydrogen-bond donors (Lipinski definition) is 1. The average molecular weight is 392 g/mol. The quantitative estimate of drug-likeness (QED) is 0.529. The molecule has 7 nitrogen and oxygen atoms in total. The Morgan fingerprint density at radius 1 is 1.18 bits per heavy atom. The summed E-state index contributed by atoms with van der Waals surface area (Å²) in [6, 6.07) is 15.1. The van der Waals surface area contributed by atoms with Crippen LogP contribution in [0, 0.1) is 6.92 Å². The number of hydrogen-bond acceptors (Lipinski definition) is 7. The molecule has 0 radical (unpaired) electrons. The average Bonchev–Trinajstić information content (AvgIpc) is 3.39. The lowest BCUT2D eigenvalue weighted by Gasteiger charge is -2.08. The van der Waals surface area contributed by atoms with Gasteiger partial charge in [-0.2, -0.15) is 4.98 Å². The maximum atomic E-state index is 12.0. The fourth-order valence-electron chi connectivity index (χ4n) is 2.51. The molecule has 0 aliphatic carbocycles. The van der Waals surface area contributed by atoms with Gasteiger partial charge in [-0.3, -0.25) is 10.1 Å². The third-order valence-electron chi connectivity index (χ3n) is 3.89. The first-order valence-corrected chi connectivity index (χ1v) is 9.39. The van der Waals surface area contributed by atoms with E-state index in [1.54, 1.807) is 23.7 Å². The van der Waals surface area contributed by atoms with Crippen LogP contribution in [0.2, 0.25) is 0 Å². The lowest BCUT2D eigenvalue weighted by Crippen LogP contribution is -2.20. The highest BCUT2D eigenvalue weighted by molar-refractivity contribution is 7.13. The first-order chi connectivity index (χ1) is 13.7. The summed E-state index contributed by atoms with van der Waals surface area (Å²) in [7, 11) is 0. The van der Waals surface area contributed by atoms with E-state index < -0.39 is 0 Å². The normalized spacial score (nSPS) is 10.6. The van der Waals surface area contributed by atoms with Gasteiger partial charge < -0.3 is 9.26 Å². The van der Waals surface area contributed by atoms with Gasteiger partial charge in [-0.25, -0.2) is 4.98 Å². The Kier molecular flexibility index (Phi) is 5.11. The summed E-state index contributed by atoms with van der Waals surface area (Å²) >= 11 is 1.34. The number of thiazole rings is 1. The molecule has 140 valence electrons. The van der Waals surface area contributed by atoms with Gasteiger partial charge in [0.25, 0.3) is 11.8 Å². The topological polar surface area (TPSA) is 90.1 Å². The van der Waals surface area contributed by atoms with E-state index in [2.05, 4.69) is 20.4 Å². The largest absolute Gasteiger partial charge is 0.483 e. The van der Waals surface area contributed by atoms with E-state index >= 15 is 0 Å². The van der Waals surface area contributed by atoms with E-state index in [-0.39, 0.29) is 12.5 Å². The minimum Gasteiger partial charge on any atom is -0.483 e. The van der Waals surface area contributed by atoms with Crippen LogP contribution in [0.5, 0.6) is 5.75 Å². The smallest absolute Gasteiger partial charge is 0.264 e. The molecule has 2 aromatic carbocycles. The van der Waals surface area contributed by atoms with E-state index in [0.29, 0.717) is 28.2 Å². The fraction of sp³-hybridized carbons (Fsp3) is 0.100. The molecule has 28 heavy (non-hydrogen) atoms. The van der Waals surface area contributed by atoms with Crippen molar-refractivity contribution < 1.29 is 14.1 Å². The van der Waals surface area contributed by atoms with E-state index in [9.17, 15) is 4.79 Å². The molecule has 2 heterocycles. The number of ether oxygens (including phenoxy) is 1. The minimum absolute atomic E-state index is 0.157. The second-order valence-electron chi connectivity index (χ2n) is 5.96. The van der Waals surface area contributed by atoms with Crippen molar-refractivity contribution in [3.8, 4) is 28.6 Å². The summed E-state index contributed by atoms with van der Waals surface area (Å²) in [6.07, 6.45) is 1.62. The van der Waals surface area contributed by atoms with E-state index in [1.807, 2.05) is 43.3 Å². The third-order valence-corrected chi connectivity index (χ3v) is 4.58. The van der Waals surface area contributed by atoms with Crippen molar-refractivity contribution in [1.82, 2.24) is 15.1 Å². The first-order valence-electron chi connectivity index (χ1n) is 8.51. The van der Waals surface area contributed by atoms with Crippen LogP contribution in [0.4, 0.5) is 5.13 Å². The zero-order valence-corrected chi connectivity index (χ0v) is 15.8. The van der Waals surface area contributed by atoms with Crippen LogP contribution in [0.1, 0.15) is 5.56 Å². The summed E-state index contributed by atoms with van der Waals surface area (Å²) in [5.41, 5.74) is 2.64. The number of para-hydroxylation sites is 1. The Balaban J connectivity index is 1.50. The van der Waals surface area contributed by atoms with Crippen LogP contribution in [-0.4, -0.2) is 27.6 Å². The molecule has 0 aliphatic rings. The van der Waals surface area contributed by atoms with E-state index in [1.165, 1.54) is 11.3 Å². The molecule has 1 amide bonds. The van der Waals surface area contributed by atoms with Crippen molar-refractivity contribution >= 4 is 22.4 Å². The molecule has 0 unspecified atom stereocenters. The molecule has 4 rings (SSSR count). The Morgan fingerprint density at radius 2 is 2.00 bits per heavy atom. The summed E-state index contributed by atoms with van der Waals surface area (Å²) < 4.78 is 11.1. The first kappa shape index (κ1) is 17.9. The Bertz CT molecular complexity index is 1080. The number of benzene rings is 2. The molecule has 2 aromatic heterocycles. The van der Waals surface area contributed by atoms with Gasteiger partial charge >= 0.3 is 0 Å². The Labute approximate surface area is 165 Å². The fourth-order valence-corrected chi connectivity index (χ4v) is 3.05. The van der Waals surface area contributed by atoms with Gasteiger partial charge in [0.2, 0.25) is 5.82 Å². The summed E-state index contributed by atoms with van der Waals surface area (Å²) in [5.74, 6) is 1.00. The standard InChI is InChI=1S/C20H16N4O3S/c1-13-6-8-14(9-7-13)18-23-19(27-24-18)15-4-2-3-5-16(15)26-12-17(25)22-20-21-10-11-28-20/h2-11H,12H2,1H3,(H,21,22,25). The van der Waals surface area contributed by atoms with Crippen LogP contribution in [-0.2, 0) is 4.79 Å². The maximum Gasteiger partial charge on any atom is 0.264 e. The van der Waals surface area contributed by atoms with Gasteiger partial charge in [-0.05, 0) is 19.1 Å². The number of carbonyl (C=O) groups excluding carboxylic acids is 1. The minimum atomic E-state index is -0.296. The van der Waals surface area contributed by atoms with Crippen LogP contribution in [0.3, 0.4) is 0 Å². The van der Waals surface area contributed by atoms with Crippen LogP contribution >= 0.6 is 11.3 Å². The van der Waals surface area contributed by atoms with Gasteiger partial charge in [0, 0.05) is 17.1 Å². The zero-order valence-electron chi connectivity index (χ0n) is 15.0. The molecule has 1 N–H and O–H groups in total. The van der Waals surface area contributed by atoms with Crippen molar-refractivity contribution in [3.05, 3.63) is 65.7 Å². The molecule has 8 heteroatoms. The molecule has 0 aliphatic heterocycles. The Hall–Kier alpha value is -3.52. The number of rotatable bonds is 6. The number of amides is 1. The van der Waals surface area contributed by atoms with E-state index in [0.717, 1.165) is 11.1 Å². The number of aryl methyl sites for hydroxylation is 1. The summed E-state index contributed by atoms with van der Waals surface area (Å²) in [6.45, 7) is 1.86. The highest BCUT2D eigenvalue weighted by Gasteiger charge is 2.16. The van der Waals surface area contributed by atoms with Crippen molar-refractivity contribution in [3.63, 3.8) is 0 Å². The molecule has 0 spiro atoms. The third kappa shape index (κ3) is 4.07. The number of anilines is 1. The molecule has 0 saturated carbocycles. The number of nitrogens with zero attached hydrogens (tertiary/aromatic N) is 3. The molecular formula is C20H16N4O3S. The second-order valence-corrected chi connectivity index (χ2v) is 6.85. The number of nitrogens with one attached hydrogen (secondary N) is 1. The van der Waals surface area contributed by atoms with Gasteiger partial charge in [0.05, 0.1) is 5.56 Å². The predicted molar refractivity (Wildman–Crippen MR) is 106 cm³/mol. The lowest BCUT2D eigenvalue weighted by molar-refractivity contribution is -0.118.